The molecule has 116 valence electrons. The first-order chi connectivity index (χ1) is 8.13. The maximum Gasteiger partial charge on any atom is 0.220 e. The number of amides is 1. The molecule has 1 aliphatic heterocycles. The zero-order valence-corrected chi connectivity index (χ0v) is 13.7. The summed E-state index contributed by atoms with van der Waals surface area (Å²) in [5.41, 5.74) is 5.38. The monoisotopic (exact) mass is 313 g/mol. The van der Waals surface area contributed by atoms with Crippen LogP contribution < -0.4 is 11.1 Å². The summed E-state index contributed by atoms with van der Waals surface area (Å²) in [6, 6.07) is 0.444. The Hall–Kier alpha value is -0.0300. The van der Waals surface area contributed by atoms with E-state index in [1.807, 2.05) is 0 Å². The van der Waals surface area contributed by atoms with Crippen molar-refractivity contribution in [2.75, 3.05) is 26.2 Å². The summed E-state index contributed by atoms with van der Waals surface area (Å²) in [5, 5.41) is 2.99. The molecular weight excluding hydrogens is 285 g/mol. The van der Waals surface area contributed by atoms with Gasteiger partial charge in [-0.05, 0) is 45.2 Å². The molecule has 1 saturated heterocycles. The Morgan fingerprint density at radius 2 is 2.16 bits per heavy atom. The van der Waals surface area contributed by atoms with Crippen LogP contribution in [-0.4, -0.2) is 43.0 Å². The molecule has 0 aliphatic carbocycles. The number of piperidine rings is 1. The van der Waals surface area contributed by atoms with Gasteiger partial charge in [0.1, 0.15) is 0 Å². The van der Waals surface area contributed by atoms with Gasteiger partial charge in [-0.25, -0.2) is 0 Å². The van der Waals surface area contributed by atoms with E-state index in [-0.39, 0.29) is 30.7 Å². The van der Waals surface area contributed by atoms with Crippen molar-refractivity contribution < 1.29 is 4.79 Å². The zero-order valence-electron chi connectivity index (χ0n) is 12.1. The molecule has 1 amide bonds. The summed E-state index contributed by atoms with van der Waals surface area (Å²) in [6.45, 7) is 8.19. The average Bonchev–Trinajstić information content (AvgIpc) is 2.33. The van der Waals surface area contributed by atoms with Crippen molar-refractivity contribution in [3.63, 3.8) is 0 Å². The topological polar surface area (TPSA) is 58.4 Å². The van der Waals surface area contributed by atoms with Crippen LogP contribution in [0.1, 0.15) is 39.5 Å². The SMILES string of the molecule is CC1CCCN(C(C)CNC(=O)CCCN)C1.Cl.Cl. The van der Waals surface area contributed by atoms with Gasteiger partial charge >= 0.3 is 0 Å². The molecule has 0 aromatic heterocycles. The number of carbonyl (C=O) groups excluding carboxylic acids is 1. The van der Waals surface area contributed by atoms with E-state index in [2.05, 4.69) is 24.1 Å². The minimum absolute atomic E-state index is 0. The number of hydrogen-bond acceptors (Lipinski definition) is 3. The molecule has 2 unspecified atom stereocenters. The number of nitrogens with one attached hydrogen (secondary N) is 1. The van der Waals surface area contributed by atoms with E-state index in [1.165, 1.54) is 25.9 Å². The highest BCUT2D eigenvalue weighted by Crippen LogP contribution is 2.17. The van der Waals surface area contributed by atoms with Crippen LogP contribution in [0.4, 0.5) is 0 Å². The van der Waals surface area contributed by atoms with Gasteiger partial charge in [0, 0.05) is 25.6 Å². The molecule has 19 heavy (non-hydrogen) atoms. The Morgan fingerprint density at radius 3 is 2.74 bits per heavy atom. The standard InChI is InChI=1S/C13H27N3O.2ClH/c1-11-5-4-8-16(10-11)12(2)9-15-13(17)6-3-7-14;;/h11-12H,3-10,14H2,1-2H3,(H,15,17);2*1H. The first-order valence-corrected chi connectivity index (χ1v) is 6.84. The predicted octanol–water partition coefficient (Wildman–Crippen LogP) is 1.81. The second kappa shape index (κ2) is 11.8. The highest BCUT2D eigenvalue weighted by molar-refractivity contribution is 5.85. The second-order valence-electron chi connectivity index (χ2n) is 5.29. The third-order valence-corrected chi connectivity index (χ3v) is 3.51. The first-order valence-electron chi connectivity index (χ1n) is 6.84. The largest absolute Gasteiger partial charge is 0.355 e. The Kier molecular flexibility index (Phi) is 13.2. The van der Waals surface area contributed by atoms with E-state index in [0.717, 1.165) is 18.9 Å². The summed E-state index contributed by atoms with van der Waals surface area (Å²) in [4.78, 5) is 14.0. The summed E-state index contributed by atoms with van der Waals surface area (Å²) in [6.07, 6.45) is 3.96. The van der Waals surface area contributed by atoms with Crippen LogP contribution in [0.2, 0.25) is 0 Å². The van der Waals surface area contributed by atoms with E-state index in [1.54, 1.807) is 0 Å². The molecular formula is C13H29Cl2N3O. The Labute approximate surface area is 129 Å². The third-order valence-electron chi connectivity index (χ3n) is 3.51. The molecule has 0 bridgehead atoms. The molecule has 0 aromatic carbocycles. The number of halogens is 2. The normalized spacial score (nSPS) is 20.9. The molecule has 3 N–H and O–H groups in total. The summed E-state index contributed by atoms with van der Waals surface area (Å²) in [7, 11) is 0. The van der Waals surface area contributed by atoms with E-state index in [4.69, 9.17) is 5.73 Å². The maximum atomic E-state index is 11.5. The van der Waals surface area contributed by atoms with Gasteiger partial charge in [0.15, 0.2) is 0 Å². The van der Waals surface area contributed by atoms with Gasteiger partial charge in [-0.1, -0.05) is 6.92 Å². The number of nitrogens with zero attached hydrogens (tertiary/aromatic N) is 1. The third kappa shape index (κ3) is 8.69. The van der Waals surface area contributed by atoms with Gasteiger partial charge in [0.25, 0.3) is 0 Å². The van der Waals surface area contributed by atoms with E-state index in [9.17, 15) is 4.79 Å². The molecule has 6 heteroatoms. The zero-order chi connectivity index (χ0) is 12.7. The molecule has 1 aliphatic rings. The van der Waals surface area contributed by atoms with Gasteiger partial charge in [-0.3, -0.25) is 9.69 Å². The first kappa shape index (κ1) is 21.3. The van der Waals surface area contributed by atoms with Gasteiger partial charge in [0.2, 0.25) is 5.91 Å². The van der Waals surface area contributed by atoms with Crippen LogP contribution in [0.3, 0.4) is 0 Å². The van der Waals surface area contributed by atoms with Crippen molar-refractivity contribution in [3.05, 3.63) is 0 Å². The summed E-state index contributed by atoms with van der Waals surface area (Å²) >= 11 is 0. The number of likely N-dealkylation sites (tertiary alicyclic amines) is 1. The second-order valence-corrected chi connectivity index (χ2v) is 5.29. The van der Waals surface area contributed by atoms with Gasteiger partial charge < -0.3 is 11.1 Å². The number of rotatable bonds is 6. The van der Waals surface area contributed by atoms with E-state index < -0.39 is 0 Å². The molecule has 0 spiro atoms. The van der Waals surface area contributed by atoms with Crippen molar-refractivity contribution in [1.82, 2.24) is 10.2 Å². The van der Waals surface area contributed by atoms with Crippen LogP contribution in [0, 0.1) is 5.92 Å². The molecule has 2 atom stereocenters. The van der Waals surface area contributed by atoms with Gasteiger partial charge in [0.05, 0.1) is 0 Å². The molecule has 1 rings (SSSR count). The predicted molar refractivity (Wildman–Crippen MR) is 85.2 cm³/mol. The molecule has 1 heterocycles. The Balaban J connectivity index is 0. The number of nitrogens with two attached hydrogens (primary N) is 1. The molecule has 0 radical (unpaired) electrons. The molecule has 0 aromatic rings. The van der Waals surface area contributed by atoms with Crippen molar-refractivity contribution in [1.29, 1.82) is 0 Å². The van der Waals surface area contributed by atoms with Crippen molar-refractivity contribution in [2.24, 2.45) is 11.7 Å². The lowest BCUT2D eigenvalue weighted by Crippen LogP contribution is -2.46. The lowest BCUT2D eigenvalue weighted by atomic mass is 9.99. The van der Waals surface area contributed by atoms with Gasteiger partial charge in [-0.2, -0.15) is 0 Å². The van der Waals surface area contributed by atoms with E-state index >= 15 is 0 Å². The number of hydrogen-bond donors (Lipinski definition) is 2. The minimum atomic E-state index is 0. The van der Waals surface area contributed by atoms with Crippen LogP contribution >= 0.6 is 24.8 Å². The van der Waals surface area contributed by atoms with E-state index in [0.29, 0.717) is 19.0 Å². The lowest BCUT2D eigenvalue weighted by molar-refractivity contribution is -0.121. The lowest BCUT2D eigenvalue weighted by Gasteiger charge is -2.35. The van der Waals surface area contributed by atoms with Gasteiger partial charge in [-0.15, -0.1) is 24.8 Å². The smallest absolute Gasteiger partial charge is 0.220 e. The van der Waals surface area contributed by atoms with Crippen molar-refractivity contribution >= 4 is 30.7 Å². The quantitative estimate of drug-likeness (QED) is 0.786. The average molecular weight is 314 g/mol. The highest BCUT2D eigenvalue weighted by atomic mass is 35.5. The van der Waals surface area contributed by atoms with Crippen LogP contribution in [0.15, 0.2) is 0 Å². The Bertz CT molecular complexity index is 242. The maximum absolute atomic E-state index is 11.5. The fourth-order valence-electron chi connectivity index (χ4n) is 2.37. The molecule has 1 fully saturated rings. The minimum Gasteiger partial charge on any atom is -0.355 e. The Morgan fingerprint density at radius 1 is 1.47 bits per heavy atom. The van der Waals surface area contributed by atoms with Crippen molar-refractivity contribution in [3.8, 4) is 0 Å². The molecule has 4 nitrogen and oxygen atoms in total. The fraction of sp³-hybridized carbons (Fsp3) is 0.923. The van der Waals surface area contributed by atoms with Crippen LogP contribution in [0.5, 0.6) is 0 Å². The van der Waals surface area contributed by atoms with Crippen LogP contribution in [0.25, 0.3) is 0 Å². The number of carbonyl (C=O) groups is 1. The van der Waals surface area contributed by atoms with Crippen LogP contribution in [-0.2, 0) is 4.79 Å². The summed E-state index contributed by atoms with van der Waals surface area (Å²) < 4.78 is 0. The summed E-state index contributed by atoms with van der Waals surface area (Å²) in [5.74, 6) is 0.923. The fourth-order valence-corrected chi connectivity index (χ4v) is 2.37. The molecule has 0 saturated carbocycles. The van der Waals surface area contributed by atoms with Crippen molar-refractivity contribution in [2.45, 2.75) is 45.6 Å². The highest BCUT2D eigenvalue weighted by Gasteiger charge is 2.20.